The maximum atomic E-state index is 4.34. The Labute approximate surface area is 78.8 Å². The third kappa shape index (κ3) is 1.34. The van der Waals surface area contributed by atoms with Gasteiger partial charge in [-0.15, -0.1) is 0 Å². The Bertz CT molecular complexity index is 294. The molecule has 0 aliphatic carbocycles. The molecule has 1 atom stereocenters. The lowest BCUT2D eigenvalue weighted by Crippen LogP contribution is -2.40. The number of amidine groups is 1. The molecular weight excluding hydrogens is 162 g/mol. The number of hydrogen-bond acceptors (Lipinski definition) is 3. The lowest BCUT2D eigenvalue weighted by molar-refractivity contribution is 0.411. The molecule has 2 rings (SSSR count). The molecule has 1 unspecified atom stereocenters. The van der Waals surface area contributed by atoms with Gasteiger partial charge in [0.05, 0.1) is 0 Å². The molecule has 2 aliphatic heterocycles. The van der Waals surface area contributed by atoms with Crippen molar-refractivity contribution in [3.63, 3.8) is 0 Å². The quantitative estimate of drug-likeness (QED) is 0.609. The van der Waals surface area contributed by atoms with Crippen LogP contribution in [-0.2, 0) is 0 Å². The summed E-state index contributed by atoms with van der Waals surface area (Å²) < 4.78 is 0. The first-order valence-electron chi connectivity index (χ1n) is 4.56. The summed E-state index contributed by atoms with van der Waals surface area (Å²) in [5.74, 6) is 1.10. The second-order valence-electron chi connectivity index (χ2n) is 4.39. The van der Waals surface area contributed by atoms with Crippen LogP contribution in [-0.4, -0.2) is 16.9 Å². The van der Waals surface area contributed by atoms with Crippen molar-refractivity contribution < 1.29 is 0 Å². The Hall–Kier alpha value is -1.25. The normalized spacial score (nSPS) is 25.6. The van der Waals surface area contributed by atoms with Crippen molar-refractivity contribution in [2.24, 2.45) is 10.5 Å². The van der Waals surface area contributed by atoms with E-state index in [1.807, 2.05) is 12.2 Å². The van der Waals surface area contributed by atoms with Crippen molar-refractivity contribution in [3.8, 4) is 0 Å². The lowest BCUT2D eigenvalue weighted by Gasteiger charge is -2.29. The predicted octanol–water partition coefficient (Wildman–Crippen LogP) is 1.66. The van der Waals surface area contributed by atoms with Crippen LogP contribution in [0.25, 0.3) is 0 Å². The molecule has 0 amide bonds. The zero-order chi connectivity index (χ0) is 9.47. The Morgan fingerprint density at radius 2 is 2.15 bits per heavy atom. The van der Waals surface area contributed by atoms with Crippen molar-refractivity contribution >= 4 is 5.84 Å². The number of rotatable bonds is 0. The lowest BCUT2D eigenvalue weighted by atomic mass is 9.94. The minimum Gasteiger partial charge on any atom is -0.309 e. The van der Waals surface area contributed by atoms with Gasteiger partial charge in [-0.2, -0.15) is 5.10 Å². The smallest absolute Gasteiger partial charge is 0.139 e. The van der Waals surface area contributed by atoms with E-state index in [4.69, 9.17) is 0 Å². The van der Waals surface area contributed by atoms with Gasteiger partial charge in [0.1, 0.15) is 12.0 Å². The highest BCUT2D eigenvalue weighted by Crippen LogP contribution is 2.25. The standard InChI is InChI=1S/C10H15N3/c1-10(2,3)9-12-11-8-6-4-5-7-13(8)9/h4-8,11H,1-3H3. The molecule has 0 bridgehead atoms. The van der Waals surface area contributed by atoms with Crippen LogP contribution in [0.15, 0.2) is 29.5 Å². The van der Waals surface area contributed by atoms with E-state index >= 15 is 0 Å². The molecule has 0 aromatic rings. The third-order valence-corrected chi connectivity index (χ3v) is 2.17. The Morgan fingerprint density at radius 1 is 1.38 bits per heavy atom. The third-order valence-electron chi connectivity index (χ3n) is 2.17. The molecule has 0 saturated heterocycles. The monoisotopic (exact) mass is 177 g/mol. The van der Waals surface area contributed by atoms with E-state index < -0.39 is 0 Å². The van der Waals surface area contributed by atoms with Crippen LogP contribution >= 0.6 is 0 Å². The molecule has 2 aliphatic rings. The highest BCUT2D eigenvalue weighted by Gasteiger charge is 2.32. The summed E-state index contributed by atoms with van der Waals surface area (Å²) in [6.45, 7) is 6.51. The molecule has 0 aromatic carbocycles. The van der Waals surface area contributed by atoms with Crippen LogP contribution in [0, 0.1) is 5.41 Å². The van der Waals surface area contributed by atoms with E-state index in [1.165, 1.54) is 0 Å². The molecule has 0 spiro atoms. The molecule has 3 nitrogen and oxygen atoms in total. The minimum absolute atomic E-state index is 0.0945. The summed E-state index contributed by atoms with van der Waals surface area (Å²) in [5, 5.41) is 4.34. The Kier molecular flexibility index (Phi) is 1.68. The number of nitrogens with zero attached hydrogens (tertiary/aromatic N) is 2. The SMILES string of the molecule is CC(C)(C)C1=NNC2C=CC=CN12. The summed E-state index contributed by atoms with van der Waals surface area (Å²) in [4.78, 5) is 2.17. The van der Waals surface area contributed by atoms with Crippen LogP contribution in [0.3, 0.4) is 0 Å². The van der Waals surface area contributed by atoms with Crippen molar-refractivity contribution in [3.05, 3.63) is 24.4 Å². The number of hydrogen-bond donors (Lipinski definition) is 1. The summed E-state index contributed by atoms with van der Waals surface area (Å²) in [6, 6.07) is 0. The first kappa shape index (κ1) is 8.35. The number of fused-ring (bicyclic) bond motifs is 1. The van der Waals surface area contributed by atoms with Crippen LogP contribution < -0.4 is 5.43 Å². The highest BCUT2D eigenvalue weighted by molar-refractivity contribution is 5.89. The summed E-state index contributed by atoms with van der Waals surface area (Å²) in [6.07, 6.45) is 8.45. The van der Waals surface area contributed by atoms with Crippen LogP contribution in [0.5, 0.6) is 0 Å². The molecule has 3 heteroatoms. The van der Waals surface area contributed by atoms with Gasteiger partial charge in [0.15, 0.2) is 0 Å². The van der Waals surface area contributed by atoms with E-state index in [0.29, 0.717) is 0 Å². The van der Waals surface area contributed by atoms with Crippen molar-refractivity contribution in [2.75, 3.05) is 0 Å². The van der Waals surface area contributed by atoms with Crippen LogP contribution in [0.1, 0.15) is 20.8 Å². The van der Waals surface area contributed by atoms with Gasteiger partial charge in [-0.05, 0) is 12.2 Å². The van der Waals surface area contributed by atoms with Gasteiger partial charge in [0, 0.05) is 11.6 Å². The fraction of sp³-hybridized carbons (Fsp3) is 0.500. The zero-order valence-electron chi connectivity index (χ0n) is 8.28. The summed E-state index contributed by atoms with van der Waals surface area (Å²) in [5.41, 5.74) is 3.19. The molecule has 13 heavy (non-hydrogen) atoms. The number of nitrogens with one attached hydrogen (secondary N) is 1. The van der Waals surface area contributed by atoms with Crippen molar-refractivity contribution in [1.82, 2.24) is 10.3 Å². The number of allylic oxidation sites excluding steroid dienone is 2. The zero-order valence-corrected chi connectivity index (χ0v) is 8.28. The topological polar surface area (TPSA) is 27.6 Å². The van der Waals surface area contributed by atoms with Crippen LogP contribution in [0.2, 0.25) is 0 Å². The summed E-state index contributed by atoms with van der Waals surface area (Å²) in [7, 11) is 0. The molecule has 0 radical (unpaired) electrons. The molecule has 0 aromatic heterocycles. The fourth-order valence-corrected chi connectivity index (χ4v) is 1.54. The Morgan fingerprint density at radius 3 is 2.85 bits per heavy atom. The maximum absolute atomic E-state index is 4.34. The first-order valence-corrected chi connectivity index (χ1v) is 4.56. The highest BCUT2D eigenvalue weighted by atomic mass is 15.5. The van der Waals surface area contributed by atoms with Gasteiger partial charge in [0.25, 0.3) is 0 Å². The van der Waals surface area contributed by atoms with Gasteiger partial charge in [-0.3, -0.25) is 5.43 Å². The van der Waals surface area contributed by atoms with E-state index in [0.717, 1.165) is 5.84 Å². The largest absolute Gasteiger partial charge is 0.309 e. The molecule has 0 fully saturated rings. The van der Waals surface area contributed by atoms with E-state index in [-0.39, 0.29) is 11.6 Å². The minimum atomic E-state index is 0.0945. The second-order valence-corrected chi connectivity index (χ2v) is 4.39. The van der Waals surface area contributed by atoms with Crippen LogP contribution in [0.4, 0.5) is 0 Å². The summed E-state index contributed by atoms with van der Waals surface area (Å²) >= 11 is 0. The number of hydrazone groups is 1. The average Bonchev–Trinajstić information content (AvgIpc) is 2.45. The predicted molar refractivity (Wildman–Crippen MR) is 53.9 cm³/mol. The first-order chi connectivity index (χ1) is 6.09. The second kappa shape index (κ2) is 2.62. The molecule has 70 valence electrons. The fourth-order valence-electron chi connectivity index (χ4n) is 1.54. The van der Waals surface area contributed by atoms with Crippen molar-refractivity contribution in [1.29, 1.82) is 0 Å². The Balaban J connectivity index is 2.25. The van der Waals surface area contributed by atoms with Gasteiger partial charge in [-0.1, -0.05) is 26.8 Å². The average molecular weight is 177 g/mol. The van der Waals surface area contributed by atoms with E-state index in [9.17, 15) is 0 Å². The van der Waals surface area contributed by atoms with Gasteiger partial charge in [0.2, 0.25) is 0 Å². The molecule has 0 saturated carbocycles. The molecular formula is C10H15N3. The maximum Gasteiger partial charge on any atom is 0.139 e. The molecule has 1 N–H and O–H groups in total. The van der Waals surface area contributed by atoms with Gasteiger partial charge in [-0.25, -0.2) is 0 Å². The van der Waals surface area contributed by atoms with Crippen molar-refractivity contribution in [2.45, 2.75) is 26.9 Å². The van der Waals surface area contributed by atoms with Gasteiger partial charge < -0.3 is 4.90 Å². The molecule has 2 heterocycles. The van der Waals surface area contributed by atoms with Gasteiger partial charge >= 0.3 is 0 Å². The van der Waals surface area contributed by atoms with E-state index in [2.05, 4.69) is 48.5 Å². The van der Waals surface area contributed by atoms with E-state index in [1.54, 1.807) is 0 Å².